The molecule has 4 nitrogen and oxygen atoms in total. The highest BCUT2D eigenvalue weighted by Crippen LogP contribution is 2.20. The van der Waals surface area contributed by atoms with Crippen LogP contribution in [0.4, 0.5) is 5.69 Å². The van der Waals surface area contributed by atoms with E-state index < -0.39 is 6.10 Å². The molecule has 0 bridgehead atoms. The predicted octanol–water partition coefficient (Wildman–Crippen LogP) is 1.79. The minimum absolute atomic E-state index is 0.108. The summed E-state index contributed by atoms with van der Waals surface area (Å²) in [4.78, 5) is 6.70. The fraction of sp³-hybridized carbons (Fsp3) is 0.643. The average Bonchev–Trinajstić information content (AvgIpc) is 2.39. The summed E-state index contributed by atoms with van der Waals surface area (Å²) >= 11 is 0. The smallest absolute Gasteiger partial charge is 0.101 e. The second-order valence-corrected chi connectivity index (χ2v) is 5.19. The third kappa shape index (κ3) is 3.00. The lowest BCUT2D eigenvalue weighted by Crippen LogP contribution is -2.47. The molecule has 1 aromatic rings. The summed E-state index contributed by atoms with van der Waals surface area (Å²) in [5.74, 6) is 0.453. The zero-order chi connectivity index (χ0) is 13.1. The molecule has 2 rings (SSSR count). The highest BCUT2D eigenvalue weighted by Gasteiger charge is 2.24. The van der Waals surface area contributed by atoms with Crippen LogP contribution in [0, 0.1) is 0 Å². The maximum Gasteiger partial charge on any atom is 0.101 e. The standard InChI is InChI=1S/C14H22N2O2/c1-10(2)13-5-4-12(8-15-13)16-6-7-18-14(9-16)11(3)17/h4-5,8,10-11,14,17H,6-7,9H2,1-3H3/t11-,14?/m0/s1. The second kappa shape index (κ2) is 5.67. The Kier molecular flexibility index (Phi) is 4.19. The molecule has 0 spiro atoms. The molecule has 1 aliphatic heterocycles. The molecule has 1 saturated heterocycles. The summed E-state index contributed by atoms with van der Waals surface area (Å²) < 4.78 is 5.54. The number of aliphatic hydroxyl groups excluding tert-OH is 1. The molecule has 0 radical (unpaired) electrons. The third-order valence-electron chi connectivity index (χ3n) is 3.36. The third-order valence-corrected chi connectivity index (χ3v) is 3.36. The van der Waals surface area contributed by atoms with E-state index in [1.165, 1.54) is 0 Å². The molecule has 1 aromatic heterocycles. The van der Waals surface area contributed by atoms with E-state index in [4.69, 9.17) is 4.74 Å². The van der Waals surface area contributed by atoms with Crippen molar-refractivity contribution in [3.63, 3.8) is 0 Å². The van der Waals surface area contributed by atoms with Gasteiger partial charge in [0, 0.05) is 18.8 Å². The van der Waals surface area contributed by atoms with Crippen LogP contribution in [0.2, 0.25) is 0 Å². The Morgan fingerprint density at radius 3 is 2.72 bits per heavy atom. The van der Waals surface area contributed by atoms with Gasteiger partial charge in [-0.3, -0.25) is 4.98 Å². The van der Waals surface area contributed by atoms with Crippen LogP contribution in [-0.4, -0.2) is 42.0 Å². The first kappa shape index (κ1) is 13.3. The lowest BCUT2D eigenvalue weighted by Gasteiger charge is -2.35. The monoisotopic (exact) mass is 250 g/mol. The predicted molar refractivity (Wildman–Crippen MR) is 72.0 cm³/mol. The molecule has 4 heteroatoms. The summed E-state index contributed by atoms with van der Waals surface area (Å²) in [6.45, 7) is 8.28. The number of hydrogen-bond acceptors (Lipinski definition) is 4. The van der Waals surface area contributed by atoms with E-state index in [0.717, 1.165) is 24.5 Å². The lowest BCUT2D eigenvalue weighted by atomic mass is 10.1. The number of aromatic nitrogens is 1. The summed E-state index contributed by atoms with van der Waals surface area (Å²) in [6, 6.07) is 4.18. The average molecular weight is 250 g/mol. The van der Waals surface area contributed by atoms with Gasteiger partial charge in [0.15, 0.2) is 0 Å². The first-order valence-electron chi connectivity index (χ1n) is 6.58. The number of rotatable bonds is 3. The highest BCUT2D eigenvalue weighted by atomic mass is 16.5. The number of hydrogen-bond donors (Lipinski definition) is 1. The van der Waals surface area contributed by atoms with E-state index in [1.807, 2.05) is 6.20 Å². The van der Waals surface area contributed by atoms with Gasteiger partial charge in [-0.1, -0.05) is 13.8 Å². The van der Waals surface area contributed by atoms with Gasteiger partial charge in [-0.15, -0.1) is 0 Å². The van der Waals surface area contributed by atoms with Crippen LogP contribution in [0.5, 0.6) is 0 Å². The summed E-state index contributed by atoms with van der Waals surface area (Å²) in [5.41, 5.74) is 2.22. The molecule has 100 valence electrons. The molecule has 2 atom stereocenters. The van der Waals surface area contributed by atoms with Gasteiger partial charge in [0.2, 0.25) is 0 Å². The van der Waals surface area contributed by atoms with E-state index >= 15 is 0 Å². The fourth-order valence-electron chi connectivity index (χ4n) is 2.13. The molecule has 1 unspecified atom stereocenters. The highest BCUT2D eigenvalue weighted by molar-refractivity contribution is 5.45. The van der Waals surface area contributed by atoms with Crippen molar-refractivity contribution in [2.75, 3.05) is 24.6 Å². The van der Waals surface area contributed by atoms with E-state index in [9.17, 15) is 5.11 Å². The summed E-state index contributed by atoms with van der Waals surface area (Å²) in [6.07, 6.45) is 1.37. The number of pyridine rings is 1. The van der Waals surface area contributed by atoms with Crippen LogP contribution in [0.15, 0.2) is 18.3 Å². The largest absolute Gasteiger partial charge is 0.391 e. The van der Waals surface area contributed by atoms with Crippen LogP contribution < -0.4 is 4.90 Å². The van der Waals surface area contributed by atoms with Crippen molar-refractivity contribution in [2.45, 2.75) is 38.9 Å². The number of aliphatic hydroxyl groups is 1. The molecule has 1 aliphatic rings. The number of ether oxygens (including phenoxy) is 1. The van der Waals surface area contributed by atoms with Crippen molar-refractivity contribution in [2.24, 2.45) is 0 Å². The van der Waals surface area contributed by atoms with E-state index in [-0.39, 0.29) is 6.10 Å². The minimum atomic E-state index is -0.435. The Bertz CT molecular complexity index is 376. The van der Waals surface area contributed by atoms with Crippen LogP contribution in [-0.2, 0) is 4.74 Å². The van der Waals surface area contributed by atoms with Gasteiger partial charge in [-0.2, -0.15) is 0 Å². The van der Waals surface area contributed by atoms with E-state index in [2.05, 4.69) is 35.9 Å². The molecule has 18 heavy (non-hydrogen) atoms. The topological polar surface area (TPSA) is 45.6 Å². The Morgan fingerprint density at radius 2 is 2.17 bits per heavy atom. The normalized spacial score (nSPS) is 22.3. The second-order valence-electron chi connectivity index (χ2n) is 5.19. The zero-order valence-electron chi connectivity index (χ0n) is 11.3. The molecule has 2 heterocycles. The maximum atomic E-state index is 9.59. The molecule has 0 aliphatic carbocycles. The van der Waals surface area contributed by atoms with E-state index in [1.54, 1.807) is 6.92 Å². The molecule has 0 saturated carbocycles. The van der Waals surface area contributed by atoms with Gasteiger partial charge < -0.3 is 14.7 Å². The Hall–Kier alpha value is -1.13. The van der Waals surface area contributed by atoms with E-state index in [0.29, 0.717) is 12.5 Å². The van der Waals surface area contributed by atoms with Crippen LogP contribution >= 0.6 is 0 Å². The number of morpholine rings is 1. The first-order chi connectivity index (χ1) is 8.58. The van der Waals surface area contributed by atoms with Crippen molar-refractivity contribution in [1.82, 2.24) is 4.98 Å². The van der Waals surface area contributed by atoms with Gasteiger partial charge >= 0.3 is 0 Å². The molecule has 1 N–H and O–H groups in total. The number of nitrogens with zero attached hydrogens (tertiary/aromatic N) is 2. The minimum Gasteiger partial charge on any atom is -0.391 e. The molecular weight excluding hydrogens is 228 g/mol. The molecular formula is C14H22N2O2. The summed E-state index contributed by atoms with van der Waals surface area (Å²) in [7, 11) is 0. The molecule has 0 aromatic carbocycles. The van der Waals surface area contributed by atoms with Crippen LogP contribution in [0.3, 0.4) is 0 Å². The van der Waals surface area contributed by atoms with Gasteiger partial charge in [-0.25, -0.2) is 0 Å². The van der Waals surface area contributed by atoms with Crippen LogP contribution in [0.25, 0.3) is 0 Å². The Balaban J connectivity index is 2.06. The first-order valence-corrected chi connectivity index (χ1v) is 6.58. The zero-order valence-corrected chi connectivity index (χ0v) is 11.3. The van der Waals surface area contributed by atoms with Gasteiger partial charge in [0.25, 0.3) is 0 Å². The number of anilines is 1. The fourth-order valence-corrected chi connectivity index (χ4v) is 2.13. The van der Waals surface area contributed by atoms with Crippen molar-refractivity contribution in [1.29, 1.82) is 0 Å². The van der Waals surface area contributed by atoms with Gasteiger partial charge in [0.1, 0.15) is 6.10 Å². The van der Waals surface area contributed by atoms with Crippen LogP contribution in [0.1, 0.15) is 32.4 Å². The summed E-state index contributed by atoms with van der Waals surface area (Å²) in [5, 5.41) is 9.59. The van der Waals surface area contributed by atoms with Crippen molar-refractivity contribution in [3.05, 3.63) is 24.0 Å². The van der Waals surface area contributed by atoms with Crippen molar-refractivity contribution >= 4 is 5.69 Å². The van der Waals surface area contributed by atoms with Crippen molar-refractivity contribution < 1.29 is 9.84 Å². The van der Waals surface area contributed by atoms with Crippen molar-refractivity contribution in [3.8, 4) is 0 Å². The maximum absolute atomic E-state index is 9.59. The van der Waals surface area contributed by atoms with Gasteiger partial charge in [-0.05, 0) is 25.0 Å². The SMILES string of the molecule is CC(C)c1ccc(N2CCOC([C@H](C)O)C2)cn1. The molecule has 0 amide bonds. The Morgan fingerprint density at radius 1 is 1.39 bits per heavy atom. The van der Waals surface area contributed by atoms with Gasteiger partial charge in [0.05, 0.1) is 24.6 Å². The Labute approximate surface area is 109 Å². The molecule has 1 fully saturated rings. The lowest BCUT2D eigenvalue weighted by molar-refractivity contribution is -0.0364. The quantitative estimate of drug-likeness (QED) is 0.888.